The van der Waals surface area contributed by atoms with Gasteiger partial charge in [0.1, 0.15) is 5.75 Å². The third-order valence-corrected chi connectivity index (χ3v) is 2.37. The Balaban J connectivity index is 2.43. The van der Waals surface area contributed by atoms with Crippen LogP contribution in [0, 0.1) is 0 Å². The third-order valence-electron chi connectivity index (χ3n) is 2.37. The Morgan fingerprint density at radius 1 is 1.35 bits per heavy atom. The molecule has 88 valence electrons. The van der Waals surface area contributed by atoms with Crippen molar-refractivity contribution in [3.05, 3.63) is 42.7 Å². The molecule has 0 unspecified atom stereocenters. The SMILES string of the molecule is CCOc1ccc(NC=O)cc1-n1cccc1. The molecule has 0 saturated heterocycles. The summed E-state index contributed by atoms with van der Waals surface area (Å²) in [5, 5.41) is 2.63. The minimum absolute atomic E-state index is 0.606. The highest BCUT2D eigenvalue weighted by molar-refractivity contribution is 5.73. The second-order valence-electron chi connectivity index (χ2n) is 3.47. The molecule has 0 fully saturated rings. The number of benzene rings is 1. The van der Waals surface area contributed by atoms with Crippen LogP contribution in [0.3, 0.4) is 0 Å². The van der Waals surface area contributed by atoms with Gasteiger partial charge in [-0.25, -0.2) is 0 Å². The van der Waals surface area contributed by atoms with Gasteiger partial charge in [0.15, 0.2) is 0 Å². The molecule has 0 aliphatic carbocycles. The molecule has 17 heavy (non-hydrogen) atoms. The van der Waals surface area contributed by atoms with Crippen LogP contribution in [-0.2, 0) is 4.79 Å². The summed E-state index contributed by atoms with van der Waals surface area (Å²) in [6, 6.07) is 9.42. The lowest BCUT2D eigenvalue weighted by Gasteiger charge is -2.12. The largest absolute Gasteiger partial charge is 0.492 e. The minimum Gasteiger partial charge on any atom is -0.492 e. The predicted molar refractivity (Wildman–Crippen MR) is 66.6 cm³/mol. The minimum atomic E-state index is 0.606. The van der Waals surface area contributed by atoms with Crippen molar-refractivity contribution in [3.63, 3.8) is 0 Å². The second-order valence-corrected chi connectivity index (χ2v) is 3.47. The molecule has 1 aromatic carbocycles. The average molecular weight is 230 g/mol. The van der Waals surface area contributed by atoms with E-state index >= 15 is 0 Å². The summed E-state index contributed by atoms with van der Waals surface area (Å²) in [7, 11) is 0. The van der Waals surface area contributed by atoms with Gasteiger partial charge in [-0.2, -0.15) is 0 Å². The van der Waals surface area contributed by atoms with Crippen LogP contribution in [0.4, 0.5) is 5.69 Å². The van der Waals surface area contributed by atoms with Gasteiger partial charge in [0, 0.05) is 18.1 Å². The van der Waals surface area contributed by atoms with Crippen LogP contribution in [0.25, 0.3) is 5.69 Å². The highest BCUT2D eigenvalue weighted by atomic mass is 16.5. The lowest BCUT2D eigenvalue weighted by molar-refractivity contribution is -0.105. The van der Waals surface area contributed by atoms with Crippen LogP contribution in [-0.4, -0.2) is 17.6 Å². The van der Waals surface area contributed by atoms with E-state index in [1.807, 2.05) is 54.2 Å². The number of carbonyl (C=O) groups is 1. The maximum absolute atomic E-state index is 10.4. The monoisotopic (exact) mass is 230 g/mol. The number of hydrogen-bond acceptors (Lipinski definition) is 2. The molecule has 1 aromatic heterocycles. The number of nitrogens with zero attached hydrogens (tertiary/aromatic N) is 1. The van der Waals surface area contributed by atoms with E-state index in [2.05, 4.69) is 5.32 Å². The first kappa shape index (κ1) is 11.3. The molecule has 1 amide bonds. The lowest BCUT2D eigenvalue weighted by atomic mass is 10.2. The summed E-state index contributed by atoms with van der Waals surface area (Å²) >= 11 is 0. The van der Waals surface area contributed by atoms with Crippen molar-refractivity contribution in [1.29, 1.82) is 0 Å². The third kappa shape index (κ3) is 2.47. The van der Waals surface area contributed by atoms with Gasteiger partial charge in [-0.3, -0.25) is 4.79 Å². The number of nitrogens with one attached hydrogen (secondary N) is 1. The van der Waals surface area contributed by atoms with E-state index in [4.69, 9.17) is 4.74 Å². The summed E-state index contributed by atoms with van der Waals surface area (Å²) in [6.07, 6.45) is 4.53. The van der Waals surface area contributed by atoms with Crippen molar-refractivity contribution in [1.82, 2.24) is 4.57 Å². The van der Waals surface area contributed by atoms with E-state index in [0.29, 0.717) is 13.0 Å². The van der Waals surface area contributed by atoms with E-state index in [0.717, 1.165) is 17.1 Å². The lowest BCUT2D eigenvalue weighted by Crippen LogP contribution is -2.01. The van der Waals surface area contributed by atoms with Gasteiger partial charge in [-0.1, -0.05) is 0 Å². The topological polar surface area (TPSA) is 43.3 Å². The first-order valence-corrected chi connectivity index (χ1v) is 5.45. The molecular weight excluding hydrogens is 216 g/mol. The summed E-state index contributed by atoms with van der Waals surface area (Å²) in [5.74, 6) is 0.792. The Bertz CT molecular complexity index is 492. The number of rotatable bonds is 5. The van der Waals surface area contributed by atoms with Gasteiger partial charge in [0.05, 0.1) is 12.3 Å². The molecule has 4 nitrogen and oxygen atoms in total. The van der Waals surface area contributed by atoms with Crippen molar-refractivity contribution in [3.8, 4) is 11.4 Å². The molecule has 0 bridgehead atoms. The van der Waals surface area contributed by atoms with Crippen molar-refractivity contribution >= 4 is 12.1 Å². The Morgan fingerprint density at radius 2 is 2.12 bits per heavy atom. The van der Waals surface area contributed by atoms with Crippen LogP contribution >= 0.6 is 0 Å². The molecule has 1 N–H and O–H groups in total. The maximum Gasteiger partial charge on any atom is 0.211 e. The van der Waals surface area contributed by atoms with Crippen molar-refractivity contribution < 1.29 is 9.53 Å². The molecule has 0 aliphatic heterocycles. The Kier molecular flexibility index (Phi) is 3.45. The van der Waals surface area contributed by atoms with Gasteiger partial charge >= 0.3 is 0 Å². The fourth-order valence-corrected chi connectivity index (χ4v) is 1.65. The van der Waals surface area contributed by atoms with Gasteiger partial charge in [-0.05, 0) is 37.3 Å². The van der Waals surface area contributed by atoms with Crippen LogP contribution in [0.2, 0.25) is 0 Å². The molecule has 1 heterocycles. The number of hydrogen-bond donors (Lipinski definition) is 1. The molecule has 4 heteroatoms. The molecule has 0 saturated carbocycles. The Hall–Kier alpha value is -2.23. The summed E-state index contributed by atoms with van der Waals surface area (Å²) < 4.78 is 7.50. The number of amides is 1. The number of carbonyl (C=O) groups excluding carboxylic acids is 1. The van der Waals surface area contributed by atoms with E-state index in [9.17, 15) is 4.79 Å². The fourth-order valence-electron chi connectivity index (χ4n) is 1.65. The van der Waals surface area contributed by atoms with Gasteiger partial charge in [-0.15, -0.1) is 0 Å². The van der Waals surface area contributed by atoms with Gasteiger partial charge in [0.2, 0.25) is 6.41 Å². The fraction of sp³-hybridized carbons (Fsp3) is 0.154. The van der Waals surface area contributed by atoms with Gasteiger partial charge < -0.3 is 14.6 Å². The molecule has 0 aliphatic rings. The van der Waals surface area contributed by atoms with Crippen molar-refractivity contribution in [2.45, 2.75) is 6.92 Å². The number of aromatic nitrogens is 1. The Morgan fingerprint density at radius 3 is 2.76 bits per heavy atom. The van der Waals surface area contributed by atoms with Crippen molar-refractivity contribution in [2.24, 2.45) is 0 Å². The summed E-state index contributed by atoms with van der Waals surface area (Å²) in [5.41, 5.74) is 1.65. The number of ether oxygens (including phenoxy) is 1. The smallest absolute Gasteiger partial charge is 0.211 e. The number of anilines is 1. The second kappa shape index (κ2) is 5.21. The van der Waals surface area contributed by atoms with Crippen LogP contribution < -0.4 is 10.1 Å². The molecule has 2 rings (SSSR count). The normalized spacial score (nSPS) is 9.94. The highest BCUT2D eigenvalue weighted by Gasteiger charge is 2.06. The molecule has 0 spiro atoms. The van der Waals surface area contributed by atoms with E-state index in [-0.39, 0.29) is 0 Å². The highest BCUT2D eigenvalue weighted by Crippen LogP contribution is 2.26. The zero-order chi connectivity index (χ0) is 12.1. The van der Waals surface area contributed by atoms with Crippen LogP contribution in [0.5, 0.6) is 5.75 Å². The molecule has 2 aromatic rings. The Labute approximate surface area is 99.8 Å². The first-order chi connectivity index (χ1) is 8.35. The molecule has 0 radical (unpaired) electrons. The van der Waals surface area contributed by atoms with Crippen LogP contribution in [0.1, 0.15) is 6.92 Å². The van der Waals surface area contributed by atoms with Gasteiger partial charge in [0.25, 0.3) is 0 Å². The zero-order valence-electron chi connectivity index (χ0n) is 9.59. The molecular formula is C13H14N2O2. The molecule has 0 atom stereocenters. The predicted octanol–water partition coefficient (Wildman–Crippen LogP) is 2.44. The maximum atomic E-state index is 10.4. The summed E-state index contributed by atoms with van der Waals surface area (Å²) in [4.78, 5) is 10.4. The zero-order valence-corrected chi connectivity index (χ0v) is 9.59. The average Bonchev–Trinajstić information content (AvgIpc) is 2.85. The first-order valence-electron chi connectivity index (χ1n) is 5.45. The van der Waals surface area contributed by atoms with Crippen molar-refractivity contribution in [2.75, 3.05) is 11.9 Å². The standard InChI is InChI=1S/C13H14N2O2/c1-2-17-13-6-5-11(14-10-16)9-12(13)15-7-3-4-8-15/h3-10H,2H2,1H3,(H,14,16). The van der Waals surface area contributed by atoms with E-state index in [1.165, 1.54) is 0 Å². The quantitative estimate of drug-likeness (QED) is 0.802. The van der Waals surface area contributed by atoms with E-state index < -0.39 is 0 Å². The summed E-state index contributed by atoms with van der Waals surface area (Å²) in [6.45, 7) is 2.55. The van der Waals surface area contributed by atoms with Crippen LogP contribution in [0.15, 0.2) is 42.7 Å². The van der Waals surface area contributed by atoms with E-state index in [1.54, 1.807) is 0 Å².